The summed E-state index contributed by atoms with van der Waals surface area (Å²) in [4.78, 5) is 2.36. The van der Waals surface area contributed by atoms with Gasteiger partial charge in [-0.05, 0) is 31.5 Å². The Labute approximate surface area is 115 Å². The van der Waals surface area contributed by atoms with Gasteiger partial charge in [0.25, 0.3) is 0 Å². The molecule has 1 aromatic carbocycles. The molecule has 3 heteroatoms. The maximum atomic E-state index is 4.20. The van der Waals surface area contributed by atoms with Crippen LogP contribution in [0.5, 0.6) is 0 Å². The zero-order chi connectivity index (χ0) is 13.7. The standard InChI is InChI=1S/C16H23N3/c1-14(16-7-5-4-6-8-16)9-10-18(2)12-15-11-17-19(3)13-15/h4-8,11,13-14H,9-10,12H2,1-3H3/t14-/m1/s1. The van der Waals surface area contributed by atoms with Crippen LogP contribution >= 0.6 is 0 Å². The van der Waals surface area contributed by atoms with Gasteiger partial charge in [0.2, 0.25) is 0 Å². The van der Waals surface area contributed by atoms with Crippen LogP contribution < -0.4 is 0 Å². The molecule has 102 valence electrons. The molecule has 0 fully saturated rings. The van der Waals surface area contributed by atoms with Crippen LogP contribution in [0, 0.1) is 0 Å². The van der Waals surface area contributed by atoms with Gasteiger partial charge >= 0.3 is 0 Å². The third-order valence-corrected chi connectivity index (χ3v) is 3.52. The Morgan fingerprint density at radius 2 is 2.00 bits per heavy atom. The molecule has 0 saturated heterocycles. The molecule has 0 bridgehead atoms. The lowest BCUT2D eigenvalue weighted by Gasteiger charge is -2.19. The zero-order valence-electron chi connectivity index (χ0n) is 12.1. The highest BCUT2D eigenvalue weighted by Crippen LogP contribution is 2.18. The van der Waals surface area contributed by atoms with E-state index >= 15 is 0 Å². The monoisotopic (exact) mass is 257 g/mol. The number of aromatic nitrogens is 2. The van der Waals surface area contributed by atoms with Crippen LogP contribution in [0.25, 0.3) is 0 Å². The van der Waals surface area contributed by atoms with Crippen LogP contribution in [0.15, 0.2) is 42.7 Å². The van der Waals surface area contributed by atoms with E-state index in [1.807, 2.05) is 17.9 Å². The molecule has 0 N–H and O–H groups in total. The van der Waals surface area contributed by atoms with Gasteiger partial charge in [0.05, 0.1) is 6.20 Å². The van der Waals surface area contributed by atoms with Crippen molar-refractivity contribution in [2.75, 3.05) is 13.6 Å². The van der Waals surface area contributed by atoms with E-state index in [2.05, 4.69) is 60.5 Å². The van der Waals surface area contributed by atoms with Crippen molar-refractivity contribution in [1.29, 1.82) is 0 Å². The predicted molar refractivity (Wildman–Crippen MR) is 79.0 cm³/mol. The minimum atomic E-state index is 0.609. The summed E-state index contributed by atoms with van der Waals surface area (Å²) < 4.78 is 1.86. The molecule has 0 spiro atoms. The fourth-order valence-electron chi connectivity index (χ4n) is 2.31. The fourth-order valence-corrected chi connectivity index (χ4v) is 2.31. The molecular formula is C16H23N3. The van der Waals surface area contributed by atoms with E-state index in [1.54, 1.807) is 0 Å². The fraction of sp³-hybridized carbons (Fsp3) is 0.438. The van der Waals surface area contributed by atoms with Crippen LogP contribution in [0.2, 0.25) is 0 Å². The van der Waals surface area contributed by atoms with E-state index in [0.717, 1.165) is 13.1 Å². The van der Waals surface area contributed by atoms with E-state index in [9.17, 15) is 0 Å². The van der Waals surface area contributed by atoms with Crippen LogP contribution in [0.3, 0.4) is 0 Å². The van der Waals surface area contributed by atoms with Crippen LogP contribution in [0.1, 0.15) is 30.4 Å². The molecule has 0 aliphatic carbocycles. The van der Waals surface area contributed by atoms with E-state index in [1.165, 1.54) is 17.5 Å². The quantitative estimate of drug-likeness (QED) is 0.793. The second-order valence-corrected chi connectivity index (χ2v) is 5.36. The summed E-state index contributed by atoms with van der Waals surface area (Å²) in [5.74, 6) is 0.609. The number of hydrogen-bond donors (Lipinski definition) is 0. The highest BCUT2D eigenvalue weighted by Gasteiger charge is 2.07. The molecule has 0 saturated carbocycles. The van der Waals surface area contributed by atoms with Crippen molar-refractivity contribution in [3.8, 4) is 0 Å². The summed E-state index contributed by atoms with van der Waals surface area (Å²) in [6.45, 7) is 4.37. The normalized spacial score (nSPS) is 12.8. The topological polar surface area (TPSA) is 21.1 Å². The third-order valence-electron chi connectivity index (χ3n) is 3.52. The number of aryl methyl sites for hydroxylation is 1. The first-order valence-corrected chi connectivity index (χ1v) is 6.86. The van der Waals surface area contributed by atoms with Crippen molar-refractivity contribution >= 4 is 0 Å². The number of rotatable bonds is 6. The summed E-state index contributed by atoms with van der Waals surface area (Å²) >= 11 is 0. The first-order valence-electron chi connectivity index (χ1n) is 6.86. The maximum Gasteiger partial charge on any atom is 0.0534 e. The maximum absolute atomic E-state index is 4.20. The van der Waals surface area contributed by atoms with Crippen molar-refractivity contribution in [3.63, 3.8) is 0 Å². The van der Waals surface area contributed by atoms with E-state index in [4.69, 9.17) is 0 Å². The SMILES string of the molecule is C[C@H](CCN(C)Cc1cnn(C)c1)c1ccccc1. The molecule has 1 aromatic heterocycles. The Balaban J connectivity index is 1.79. The molecule has 2 rings (SSSR count). The minimum Gasteiger partial charge on any atom is -0.302 e. The Kier molecular flexibility index (Phi) is 4.74. The number of nitrogens with zero attached hydrogens (tertiary/aromatic N) is 3. The van der Waals surface area contributed by atoms with Crippen molar-refractivity contribution in [2.45, 2.75) is 25.8 Å². The van der Waals surface area contributed by atoms with Crippen LogP contribution in [-0.4, -0.2) is 28.3 Å². The zero-order valence-corrected chi connectivity index (χ0v) is 12.1. The number of benzene rings is 1. The molecule has 1 atom stereocenters. The van der Waals surface area contributed by atoms with Gasteiger partial charge in [-0.3, -0.25) is 4.68 Å². The molecule has 0 unspecified atom stereocenters. The summed E-state index contributed by atoms with van der Waals surface area (Å²) in [6.07, 6.45) is 5.20. The number of hydrogen-bond acceptors (Lipinski definition) is 2. The minimum absolute atomic E-state index is 0.609. The Morgan fingerprint density at radius 3 is 2.63 bits per heavy atom. The summed E-state index contributed by atoms with van der Waals surface area (Å²) in [6, 6.07) is 10.7. The molecule has 3 nitrogen and oxygen atoms in total. The first-order chi connectivity index (χ1) is 9.15. The third kappa shape index (κ3) is 4.21. The molecule has 0 amide bonds. The summed E-state index contributed by atoms with van der Waals surface area (Å²) in [5.41, 5.74) is 2.70. The van der Waals surface area contributed by atoms with Gasteiger partial charge in [-0.2, -0.15) is 5.10 Å². The summed E-state index contributed by atoms with van der Waals surface area (Å²) in [7, 11) is 4.13. The first kappa shape index (κ1) is 13.8. The van der Waals surface area contributed by atoms with Gasteiger partial charge in [-0.15, -0.1) is 0 Å². The van der Waals surface area contributed by atoms with Gasteiger partial charge in [0, 0.05) is 25.4 Å². The molecule has 2 aromatic rings. The second kappa shape index (κ2) is 6.53. The van der Waals surface area contributed by atoms with Crippen LogP contribution in [0.4, 0.5) is 0 Å². The Hall–Kier alpha value is -1.61. The van der Waals surface area contributed by atoms with E-state index in [-0.39, 0.29) is 0 Å². The average molecular weight is 257 g/mol. The molecular weight excluding hydrogens is 234 g/mol. The second-order valence-electron chi connectivity index (χ2n) is 5.36. The molecule has 0 aliphatic heterocycles. The lowest BCUT2D eigenvalue weighted by molar-refractivity contribution is 0.313. The van der Waals surface area contributed by atoms with E-state index in [0.29, 0.717) is 5.92 Å². The Morgan fingerprint density at radius 1 is 1.26 bits per heavy atom. The van der Waals surface area contributed by atoms with Gasteiger partial charge in [0.1, 0.15) is 0 Å². The van der Waals surface area contributed by atoms with Crippen molar-refractivity contribution in [2.24, 2.45) is 7.05 Å². The highest BCUT2D eigenvalue weighted by molar-refractivity contribution is 5.18. The average Bonchev–Trinajstić information content (AvgIpc) is 2.82. The molecule has 1 heterocycles. The van der Waals surface area contributed by atoms with Gasteiger partial charge < -0.3 is 4.90 Å². The van der Waals surface area contributed by atoms with Gasteiger partial charge in [-0.25, -0.2) is 0 Å². The predicted octanol–water partition coefficient (Wildman–Crippen LogP) is 3.05. The largest absolute Gasteiger partial charge is 0.302 e. The van der Waals surface area contributed by atoms with Crippen molar-refractivity contribution < 1.29 is 0 Å². The molecule has 0 aliphatic rings. The van der Waals surface area contributed by atoms with Gasteiger partial charge in [-0.1, -0.05) is 37.3 Å². The van der Waals surface area contributed by atoms with E-state index < -0.39 is 0 Å². The van der Waals surface area contributed by atoms with Crippen molar-refractivity contribution in [3.05, 3.63) is 53.9 Å². The lowest BCUT2D eigenvalue weighted by atomic mass is 9.98. The van der Waals surface area contributed by atoms with Crippen molar-refractivity contribution in [1.82, 2.24) is 14.7 Å². The molecule has 19 heavy (non-hydrogen) atoms. The lowest BCUT2D eigenvalue weighted by Crippen LogP contribution is -2.20. The molecule has 0 radical (unpaired) electrons. The smallest absolute Gasteiger partial charge is 0.0534 e. The Bertz CT molecular complexity index is 490. The van der Waals surface area contributed by atoms with Gasteiger partial charge in [0.15, 0.2) is 0 Å². The highest BCUT2D eigenvalue weighted by atomic mass is 15.2. The van der Waals surface area contributed by atoms with Crippen LogP contribution in [-0.2, 0) is 13.6 Å². The summed E-state index contributed by atoms with van der Waals surface area (Å²) in [5, 5.41) is 4.20.